The molecule has 0 saturated carbocycles. The van der Waals surface area contributed by atoms with Crippen LogP contribution in [0.2, 0.25) is 5.02 Å². The van der Waals surface area contributed by atoms with Gasteiger partial charge in [0.2, 0.25) is 5.82 Å². The van der Waals surface area contributed by atoms with E-state index in [9.17, 15) is 4.79 Å². The number of hydrogen-bond donors (Lipinski definition) is 0. The Bertz CT molecular complexity index is 815. The fourth-order valence-electron chi connectivity index (χ4n) is 1.73. The van der Waals surface area contributed by atoms with E-state index in [1.165, 1.54) is 12.4 Å². The molecule has 0 aliphatic carbocycles. The Hall–Kier alpha value is -2.80. The molecule has 0 radical (unpaired) electrons. The molecule has 8 heteroatoms. The van der Waals surface area contributed by atoms with Crippen LogP contribution in [0.1, 0.15) is 22.1 Å². The second kappa shape index (κ2) is 6.53. The highest BCUT2D eigenvalue weighted by atomic mass is 35.5. The number of ether oxygens (including phenoxy) is 1. The van der Waals surface area contributed by atoms with Crippen LogP contribution in [0.5, 0.6) is 0 Å². The number of esters is 1. The summed E-state index contributed by atoms with van der Waals surface area (Å²) in [5, 5.41) is 4.45. The van der Waals surface area contributed by atoms with E-state index in [0.29, 0.717) is 16.5 Å². The summed E-state index contributed by atoms with van der Waals surface area (Å²) in [4.78, 5) is 23.9. The van der Waals surface area contributed by atoms with Crippen LogP contribution in [-0.2, 0) is 11.3 Å². The Morgan fingerprint density at radius 2 is 2.00 bits per heavy atom. The van der Waals surface area contributed by atoms with E-state index in [-0.39, 0.29) is 18.2 Å². The molecule has 3 aromatic rings. The SMILES string of the molecule is Cc1cnc(C(=O)OCc2nc(-c3ccc(Cl)cc3)no2)cn1. The molecule has 2 aromatic heterocycles. The minimum atomic E-state index is -0.608. The van der Waals surface area contributed by atoms with Crippen LogP contribution in [0.25, 0.3) is 11.4 Å². The molecule has 0 atom stereocenters. The van der Waals surface area contributed by atoms with Gasteiger partial charge in [0.15, 0.2) is 12.3 Å². The third kappa shape index (κ3) is 3.70. The normalized spacial score (nSPS) is 10.5. The van der Waals surface area contributed by atoms with Gasteiger partial charge in [-0.3, -0.25) is 4.98 Å². The first-order valence-electron chi connectivity index (χ1n) is 6.66. The Kier molecular flexibility index (Phi) is 4.29. The summed E-state index contributed by atoms with van der Waals surface area (Å²) < 4.78 is 10.1. The predicted molar refractivity (Wildman–Crippen MR) is 80.6 cm³/mol. The first-order chi connectivity index (χ1) is 11.1. The van der Waals surface area contributed by atoms with Gasteiger partial charge in [0.05, 0.1) is 11.9 Å². The molecule has 0 fully saturated rings. The minimum absolute atomic E-state index is 0.119. The number of aryl methyl sites for hydroxylation is 1. The molecule has 1 aromatic carbocycles. The van der Waals surface area contributed by atoms with Crippen LogP contribution in [0.4, 0.5) is 0 Å². The predicted octanol–water partition coefficient (Wildman–Crippen LogP) is 2.85. The van der Waals surface area contributed by atoms with Gasteiger partial charge in [0.1, 0.15) is 0 Å². The first-order valence-corrected chi connectivity index (χ1v) is 7.04. The average Bonchev–Trinajstić information content (AvgIpc) is 3.03. The molecule has 116 valence electrons. The van der Waals surface area contributed by atoms with Crippen molar-refractivity contribution in [3.8, 4) is 11.4 Å². The van der Waals surface area contributed by atoms with Gasteiger partial charge in [-0.25, -0.2) is 9.78 Å². The lowest BCUT2D eigenvalue weighted by molar-refractivity contribution is 0.0422. The largest absolute Gasteiger partial charge is 0.451 e. The molecule has 0 aliphatic rings. The quantitative estimate of drug-likeness (QED) is 0.679. The Labute approximate surface area is 136 Å². The van der Waals surface area contributed by atoms with Crippen LogP contribution < -0.4 is 0 Å². The van der Waals surface area contributed by atoms with Gasteiger partial charge in [0.25, 0.3) is 5.89 Å². The highest BCUT2D eigenvalue weighted by molar-refractivity contribution is 6.30. The molecular formula is C15H11ClN4O3. The van der Waals surface area contributed by atoms with Crippen molar-refractivity contribution in [2.45, 2.75) is 13.5 Å². The molecule has 23 heavy (non-hydrogen) atoms. The third-order valence-corrected chi connectivity index (χ3v) is 3.14. The van der Waals surface area contributed by atoms with E-state index < -0.39 is 5.97 Å². The summed E-state index contributed by atoms with van der Waals surface area (Å²) in [6.45, 7) is 1.63. The van der Waals surface area contributed by atoms with E-state index in [1.807, 2.05) is 0 Å². The van der Waals surface area contributed by atoms with Crippen molar-refractivity contribution in [3.05, 3.63) is 59.0 Å². The molecule has 3 rings (SSSR count). The van der Waals surface area contributed by atoms with E-state index in [0.717, 1.165) is 5.56 Å². The van der Waals surface area contributed by atoms with Crippen molar-refractivity contribution in [2.24, 2.45) is 0 Å². The van der Waals surface area contributed by atoms with E-state index in [1.54, 1.807) is 31.2 Å². The molecule has 0 bridgehead atoms. The summed E-state index contributed by atoms with van der Waals surface area (Å²) in [6, 6.07) is 6.99. The number of rotatable bonds is 4. The lowest BCUT2D eigenvalue weighted by Crippen LogP contribution is -2.08. The molecular weight excluding hydrogens is 320 g/mol. The molecule has 0 amide bonds. The van der Waals surface area contributed by atoms with Crippen LogP contribution >= 0.6 is 11.6 Å². The number of benzene rings is 1. The van der Waals surface area contributed by atoms with Crippen molar-refractivity contribution in [3.63, 3.8) is 0 Å². The van der Waals surface area contributed by atoms with Crippen molar-refractivity contribution in [1.29, 1.82) is 0 Å². The Morgan fingerprint density at radius 1 is 1.22 bits per heavy atom. The first kappa shape index (κ1) is 15.1. The topological polar surface area (TPSA) is 91.0 Å². The number of nitrogens with zero attached hydrogens (tertiary/aromatic N) is 4. The van der Waals surface area contributed by atoms with Crippen LogP contribution in [-0.4, -0.2) is 26.1 Å². The zero-order valence-electron chi connectivity index (χ0n) is 12.1. The van der Waals surface area contributed by atoms with Gasteiger partial charge >= 0.3 is 5.97 Å². The number of hydrogen-bond acceptors (Lipinski definition) is 7. The summed E-state index contributed by atoms with van der Waals surface area (Å²) in [5.74, 6) is -0.0324. The van der Waals surface area contributed by atoms with E-state index in [4.69, 9.17) is 20.9 Å². The highest BCUT2D eigenvalue weighted by Crippen LogP contribution is 2.18. The van der Waals surface area contributed by atoms with E-state index in [2.05, 4.69) is 20.1 Å². The second-order valence-corrected chi connectivity index (χ2v) is 5.07. The van der Waals surface area contributed by atoms with Gasteiger partial charge in [0, 0.05) is 16.8 Å². The summed E-state index contributed by atoms with van der Waals surface area (Å²) in [6.07, 6.45) is 2.84. The zero-order valence-corrected chi connectivity index (χ0v) is 12.8. The molecule has 0 N–H and O–H groups in total. The van der Waals surface area contributed by atoms with Crippen molar-refractivity contribution < 1.29 is 14.1 Å². The monoisotopic (exact) mass is 330 g/mol. The maximum atomic E-state index is 11.8. The fourth-order valence-corrected chi connectivity index (χ4v) is 1.85. The van der Waals surface area contributed by atoms with Crippen molar-refractivity contribution in [2.75, 3.05) is 0 Å². The smallest absolute Gasteiger partial charge is 0.359 e. The Balaban J connectivity index is 1.64. The summed E-state index contributed by atoms with van der Waals surface area (Å²) >= 11 is 5.82. The number of halogens is 1. The van der Waals surface area contributed by atoms with Crippen molar-refractivity contribution >= 4 is 17.6 Å². The number of carbonyl (C=O) groups is 1. The summed E-state index contributed by atoms with van der Waals surface area (Å²) in [7, 11) is 0. The van der Waals surface area contributed by atoms with Crippen LogP contribution in [0.3, 0.4) is 0 Å². The second-order valence-electron chi connectivity index (χ2n) is 4.64. The standard InChI is InChI=1S/C15H11ClN4O3/c1-9-6-18-12(7-17-9)15(21)22-8-13-19-14(20-23-13)10-2-4-11(16)5-3-10/h2-7H,8H2,1H3. The summed E-state index contributed by atoms with van der Waals surface area (Å²) in [5.41, 5.74) is 1.58. The molecule has 0 saturated heterocycles. The molecule has 2 heterocycles. The lowest BCUT2D eigenvalue weighted by atomic mass is 10.2. The minimum Gasteiger partial charge on any atom is -0.451 e. The maximum absolute atomic E-state index is 11.8. The van der Waals surface area contributed by atoms with E-state index >= 15 is 0 Å². The lowest BCUT2D eigenvalue weighted by Gasteiger charge is -2.00. The van der Waals surface area contributed by atoms with Gasteiger partial charge < -0.3 is 9.26 Å². The number of aromatic nitrogens is 4. The van der Waals surface area contributed by atoms with Gasteiger partial charge in [-0.05, 0) is 31.2 Å². The van der Waals surface area contributed by atoms with Crippen LogP contribution in [0.15, 0.2) is 41.2 Å². The molecule has 0 spiro atoms. The molecule has 7 nitrogen and oxygen atoms in total. The van der Waals surface area contributed by atoms with Crippen molar-refractivity contribution in [1.82, 2.24) is 20.1 Å². The molecule has 0 unspecified atom stereocenters. The Morgan fingerprint density at radius 3 is 2.70 bits per heavy atom. The molecule has 0 aliphatic heterocycles. The zero-order chi connectivity index (χ0) is 16.2. The third-order valence-electron chi connectivity index (χ3n) is 2.89. The van der Waals surface area contributed by atoms with Gasteiger partial charge in [-0.15, -0.1) is 0 Å². The van der Waals surface area contributed by atoms with Crippen LogP contribution in [0, 0.1) is 6.92 Å². The maximum Gasteiger partial charge on any atom is 0.359 e. The van der Waals surface area contributed by atoms with Gasteiger partial charge in [-0.2, -0.15) is 4.98 Å². The van der Waals surface area contributed by atoms with Gasteiger partial charge in [-0.1, -0.05) is 16.8 Å². The highest BCUT2D eigenvalue weighted by Gasteiger charge is 2.13. The number of carbonyl (C=O) groups excluding carboxylic acids is 1. The fraction of sp³-hybridized carbons (Fsp3) is 0.133. The average molecular weight is 331 g/mol.